The van der Waals surface area contributed by atoms with E-state index in [1.807, 2.05) is 31.2 Å². The molecule has 3 aromatic rings. The Morgan fingerprint density at radius 2 is 1.96 bits per heavy atom. The van der Waals surface area contributed by atoms with Crippen LogP contribution in [0.25, 0.3) is 10.9 Å². The number of phenolic OH excluding ortho intramolecular Hbond substituents is 1. The van der Waals surface area contributed by atoms with Crippen molar-refractivity contribution in [2.24, 2.45) is 0 Å². The highest BCUT2D eigenvalue weighted by atomic mass is 35.5. The molecule has 7 heteroatoms. The molecule has 0 saturated carbocycles. The number of phenols is 1. The Kier molecular flexibility index (Phi) is 5.21. The summed E-state index contributed by atoms with van der Waals surface area (Å²) < 4.78 is 0. The van der Waals surface area contributed by atoms with E-state index in [0.717, 1.165) is 17.3 Å². The minimum absolute atomic E-state index is 0.00662. The van der Waals surface area contributed by atoms with Gasteiger partial charge < -0.3 is 20.8 Å². The van der Waals surface area contributed by atoms with Crippen molar-refractivity contribution < 1.29 is 10.2 Å². The molecule has 4 N–H and O–H groups in total. The summed E-state index contributed by atoms with van der Waals surface area (Å²) in [7, 11) is 0. The maximum absolute atomic E-state index is 9.98. The van der Waals surface area contributed by atoms with E-state index in [9.17, 15) is 10.2 Å². The lowest BCUT2D eigenvalue weighted by molar-refractivity contribution is 0.271. The number of anilines is 3. The molecule has 0 aliphatic heterocycles. The summed E-state index contributed by atoms with van der Waals surface area (Å²) in [6.07, 6.45) is 0.757. The zero-order valence-corrected chi connectivity index (χ0v) is 14.5. The third-order valence-electron chi connectivity index (χ3n) is 3.86. The van der Waals surface area contributed by atoms with Gasteiger partial charge in [-0.25, -0.2) is 4.98 Å². The number of halogens is 1. The van der Waals surface area contributed by atoms with Gasteiger partial charge >= 0.3 is 0 Å². The van der Waals surface area contributed by atoms with Gasteiger partial charge in [0.25, 0.3) is 0 Å². The Morgan fingerprint density at radius 3 is 2.72 bits per heavy atom. The highest BCUT2D eigenvalue weighted by molar-refractivity contribution is 6.31. The van der Waals surface area contributed by atoms with Crippen molar-refractivity contribution in [1.29, 1.82) is 0 Å². The zero-order chi connectivity index (χ0) is 17.8. The fourth-order valence-electron chi connectivity index (χ4n) is 2.44. The maximum atomic E-state index is 9.98. The normalized spacial score (nSPS) is 12.1. The van der Waals surface area contributed by atoms with Crippen LogP contribution in [-0.4, -0.2) is 32.8 Å². The fourth-order valence-corrected chi connectivity index (χ4v) is 2.61. The molecule has 0 amide bonds. The molecule has 1 heterocycles. The third kappa shape index (κ3) is 3.92. The van der Waals surface area contributed by atoms with Crippen LogP contribution in [-0.2, 0) is 0 Å². The van der Waals surface area contributed by atoms with Crippen molar-refractivity contribution in [3.63, 3.8) is 0 Å². The number of rotatable bonds is 6. The number of aromatic nitrogens is 2. The predicted molar refractivity (Wildman–Crippen MR) is 101 cm³/mol. The van der Waals surface area contributed by atoms with E-state index >= 15 is 0 Å². The number of nitrogens with one attached hydrogen (secondary N) is 2. The summed E-state index contributed by atoms with van der Waals surface area (Å²) in [5.74, 6) is 1.000. The van der Waals surface area contributed by atoms with Gasteiger partial charge in [0.15, 0.2) is 0 Å². The molecule has 1 atom stereocenters. The van der Waals surface area contributed by atoms with Gasteiger partial charge in [0.05, 0.1) is 23.9 Å². The van der Waals surface area contributed by atoms with E-state index in [1.54, 1.807) is 12.1 Å². The van der Waals surface area contributed by atoms with Crippen LogP contribution in [0.5, 0.6) is 5.75 Å². The first-order valence-electron chi connectivity index (χ1n) is 8.00. The summed E-state index contributed by atoms with van der Waals surface area (Å²) in [6, 6.07) is 12.2. The van der Waals surface area contributed by atoms with Gasteiger partial charge in [-0.15, -0.1) is 0 Å². The van der Waals surface area contributed by atoms with E-state index in [-0.39, 0.29) is 18.4 Å². The van der Waals surface area contributed by atoms with Gasteiger partial charge in [0.1, 0.15) is 11.6 Å². The second-order valence-corrected chi connectivity index (χ2v) is 6.07. The highest BCUT2D eigenvalue weighted by Gasteiger charge is 2.12. The van der Waals surface area contributed by atoms with Crippen molar-refractivity contribution in [2.45, 2.75) is 19.4 Å². The molecule has 2 aromatic carbocycles. The molecule has 0 aliphatic rings. The molecule has 3 rings (SSSR count). The van der Waals surface area contributed by atoms with Crippen LogP contribution >= 0.6 is 11.6 Å². The van der Waals surface area contributed by atoms with Crippen LogP contribution in [0.4, 0.5) is 17.5 Å². The van der Waals surface area contributed by atoms with Crippen molar-refractivity contribution in [3.8, 4) is 5.75 Å². The Hall–Kier alpha value is -2.57. The van der Waals surface area contributed by atoms with E-state index in [0.29, 0.717) is 22.5 Å². The third-order valence-corrected chi connectivity index (χ3v) is 4.10. The average molecular weight is 359 g/mol. The molecule has 6 nitrogen and oxygen atoms in total. The van der Waals surface area contributed by atoms with Crippen molar-refractivity contribution in [1.82, 2.24) is 9.97 Å². The first-order valence-corrected chi connectivity index (χ1v) is 8.38. The average Bonchev–Trinajstić information content (AvgIpc) is 2.62. The number of hydrogen-bond donors (Lipinski definition) is 4. The molecular formula is C18H19ClN4O2. The number of para-hydroxylation sites is 1. The van der Waals surface area contributed by atoms with Crippen LogP contribution in [0.2, 0.25) is 5.02 Å². The lowest BCUT2D eigenvalue weighted by Crippen LogP contribution is -2.23. The molecule has 0 saturated heterocycles. The van der Waals surface area contributed by atoms with Gasteiger partial charge in [-0.05, 0) is 36.8 Å². The van der Waals surface area contributed by atoms with Gasteiger partial charge in [-0.2, -0.15) is 4.98 Å². The molecule has 0 bridgehead atoms. The van der Waals surface area contributed by atoms with Crippen molar-refractivity contribution in [2.75, 3.05) is 17.2 Å². The standard InChI is InChI=1S/C18H19ClN4O2/c1-2-12(10-24)20-17-13-5-3-4-6-14(13)21-18(23-17)22-15-9-11(19)7-8-16(15)25/h3-9,12,24-25H,2,10H2,1H3,(H2,20,21,22,23). The fraction of sp³-hybridized carbons (Fsp3) is 0.222. The Balaban J connectivity index is 2.02. The lowest BCUT2D eigenvalue weighted by atomic mass is 10.2. The van der Waals surface area contributed by atoms with Gasteiger partial charge in [-0.1, -0.05) is 30.7 Å². The van der Waals surface area contributed by atoms with E-state index in [1.165, 1.54) is 6.07 Å². The van der Waals surface area contributed by atoms with Crippen LogP contribution in [0, 0.1) is 0 Å². The Labute approximate surface area is 150 Å². The van der Waals surface area contributed by atoms with Crippen LogP contribution in [0.3, 0.4) is 0 Å². The molecule has 0 aliphatic carbocycles. The monoisotopic (exact) mass is 358 g/mol. The first-order chi connectivity index (χ1) is 12.1. The number of hydrogen-bond acceptors (Lipinski definition) is 6. The number of aromatic hydroxyl groups is 1. The van der Waals surface area contributed by atoms with Crippen LogP contribution in [0.15, 0.2) is 42.5 Å². The molecule has 130 valence electrons. The van der Waals surface area contributed by atoms with E-state index in [4.69, 9.17) is 11.6 Å². The second-order valence-electron chi connectivity index (χ2n) is 5.63. The summed E-state index contributed by atoms with van der Waals surface area (Å²) in [5, 5.41) is 27.0. The van der Waals surface area contributed by atoms with Crippen molar-refractivity contribution >= 4 is 40.0 Å². The second kappa shape index (κ2) is 7.55. The SMILES string of the molecule is CCC(CO)Nc1nc(Nc2cc(Cl)ccc2O)nc2ccccc12. The topological polar surface area (TPSA) is 90.3 Å². The van der Waals surface area contributed by atoms with Gasteiger partial charge in [0, 0.05) is 10.4 Å². The minimum atomic E-state index is -0.106. The summed E-state index contributed by atoms with van der Waals surface area (Å²) in [5.41, 5.74) is 1.17. The molecule has 1 aromatic heterocycles. The Bertz CT molecular complexity index is 884. The molecule has 0 radical (unpaired) electrons. The number of fused-ring (bicyclic) bond motifs is 1. The predicted octanol–water partition coefficient (Wildman–Crippen LogP) is 3.92. The van der Waals surface area contributed by atoms with E-state index < -0.39 is 0 Å². The molecule has 0 fully saturated rings. The molecule has 0 spiro atoms. The summed E-state index contributed by atoms with van der Waals surface area (Å²) in [6.45, 7) is 1.99. The maximum Gasteiger partial charge on any atom is 0.229 e. The van der Waals surface area contributed by atoms with Gasteiger partial charge in [-0.3, -0.25) is 0 Å². The number of aliphatic hydroxyl groups excluding tert-OH is 1. The molecule has 25 heavy (non-hydrogen) atoms. The molecule has 1 unspecified atom stereocenters. The number of aliphatic hydroxyl groups is 1. The lowest BCUT2D eigenvalue weighted by Gasteiger charge is -2.17. The van der Waals surface area contributed by atoms with E-state index in [2.05, 4.69) is 20.6 Å². The Morgan fingerprint density at radius 1 is 1.16 bits per heavy atom. The van der Waals surface area contributed by atoms with Crippen molar-refractivity contribution in [3.05, 3.63) is 47.5 Å². The summed E-state index contributed by atoms with van der Waals surface area (Å²) >= 11 is 5.98. The van der Waals surface area contributed by atoms with Crippen LogP contribution in [0.1, 0.15) is 13.3 Å². The first kappa shape index (κ1) is 17.3. The molecular weight excluding hydrogens is 340 g/mol. The minimum Gasteiger partial charge on any atom is -0.506 e. The summed E-state index contributed by atoms with van der Waals surface area (Å²) in [4.78, 5) is 8.99. The smallest absolute Gasteiger partial charge is 0.229 e. The largest absolute Gasteiger partial charge is 0.506 e. The zero-order valence-electron chi connectivity index (χ0n) is 13.7. The quantitative estimate of drug-likeness (QED) is 0.499. The van der Waals surface area contributed by atoms with Gasteiger partial charge in [0.2, 0.25) is 5.95 Å². The number of nitrogens with zero attached hydrogens (tertiary/aromatic N) is 2. The van der Waals surface area contributed by atoms with Crippen LogP contribution < -0.4 is 10.6 Å². The highest BCUT2D eigenvalue weighted by Crippen LogP contribution is 2.30. The number of benzene rings is 2.